The molecule has 1 aromatic rings. The SMILES string of the molecule is O=C(O)[C@@H]1CN(C(=O)O)C[C@H]1Cc1ccccc1. The Balaban J connectivity index is 2.10. The van der Waals surface area contributed by atoms with Crippen LogP contribution in [0.15, 0.2) is 30.3 Å². The zero-order valence-corrected chi connectivity index (χ0v) is 9.82. The van der Waals surface area contributed by atoms with Crippen LogP contribution in [0.4, 0.5) is 4.79 Å². The van der Waals surface area contributed by atoms with Crippen LogP contribution >= 0.6 is 0 Å². The Morgan fingerprint density at radius 2 is 1.83 bits per heavy atom. The number of carboxylic acid groups (broad SMARTS) is 2. The van der Waals surface area contributed by atoms with Crippen LogP contribution in [-0.2, 0) is 11.2 Å². The number of hydrogen-bond acceptors (Lipinski definition) is 2. The summed E-state index contributed by atoms with van der Waals surface area (Å²) in [6.45, 7) is 0.378. The van der Waals surface area contributed by atoms with Gasteiger partial charge in [0.25, 0.3) is 0 Å². The number of rotatable bonds is 3. The van der Waals surface area contributed by atoms with E-state index < -0.39 is 18.0 Å². The molecule has 0 radical (unpaired) electrons. The Bertz CT molecular complexity index is 446. The highest BCUT2D eigenvalue weighted by molar-refractivity contribution is 5.74. The quantitative estimate of drug-likeness (QED) is 0.851. The van der Waals surface area contributed by atoms with Crippen LogP contribution in [0.3, 0.4) is 0 Å². The van der Waals surface area contributed by atoms with Gasteiger partial charge in [-0.25, -0.2) is 4.79 Å². The van der Waals surface area contributed by atoms with E-state index in [0.29, 0.717) is 13.0 Å². The third kappa shape index (κ3) is 2.61. The van der Waals surface area contributed by atoms with Crippen molar-refractivity contribution in [3.8, 4) is 0 Å². The molecule has 1 aromatic carbocycles. The monoisotopic (exact) mass is 249 g/mol. The van der Waals surface area contributed by atoms with E-state index in [1.54, 1.807) is 0 Å². The maximum Gasteiger partial charge on any atom is 0.407 e. The fraction of sp³-hybridized carbons (Fsp3) is 0.385. The van der Waals surface area contributed by atoms with E-state index in [2.05, 4.69) is 0 Å². The molecular formula is C13H15NO4. The maximum absolute atomic E-state index is 11.2. The first kappa shape index (κ1) is 12.4. The normalized spacial score (nSPS) is 23.0. The Kier molecular flexibility index (Phi) is 3.50. The Morgan fingerprint density at radius 1 is 1.17 bits per heavy atom. The van der Waals surface area contributed by atoms with Gasteiger partial charge in [-0.1, -0.05) is 30.3 Å². The summed E-state index contributed by atoms with van der Waals surface area (Å²) in [6.07, 6.45) is -0.446. The summed E-state index contributed by atoms with van der Waals surface area (Å²) in [6, 6.07) is 9.56. The van der Waals surface area contributed by atoms with E-state index >= 15 is 0 Å². The fourth-order valence-electron chi connectivity index (χ4n) is 2.43. The molecule has 1 saturated heterocycles. The molecule has 1 fully saturated rings. The molecule has 0 aromatic heterocycles. The molecule has 2 rings (SSSR count). The first-order valence-corrected chi connectivity index (χ1v) is 5.82. The molecule has 0 aliphatic carbocycles. The summed E-state index contributed by atoms with van der Waals surface area (Å²) in [5.74, 6) is -1.68. The van der Waals surface area contributed by atoms with Crippen LogP contribution in [0.2, 0.25) is 0 Å². The minimum Gasteiger partial charge on any atom is -0.481 e. The second kappa shape index (κ2) is 5.08. The molecule has 2 atom stereocenters. The molecule has 2 N–H and O–H groups in total. The summed E-state index contributed by atoms with van der Waals surface area (Å²) in [7, 11) is 0. The lowest BCUT2D eigenvalue weighted by Gasteiger charge is -2.14. The largest absolute Gasteiger partial charge is 0.481 e. The van der Waals surface area contributed by atoms with Gasteiger partial charge in [0.15, 0.2) is 0 Å². The van der Waals surface area contributed by atoms with E-state index in [1.165, 1.54) is 4.90 Å². The van der Waals surface area contributed by atoms with Crippen molar-refractivity contribution in [2.24, 2.45) is 11.8 Å². The predicted molar refractivity (Wildman–Crippen MR) is 64.4 cm³/mol. The van der Waals surface area contributed by atoms with Gasteiger partial charge in [0.1, 0.15) is 0 Å². The summed E-state index contributed by atoms with van der Waals surface area (Å²) in [5, 5.41) is 18.1. The van der Waals surface area contributed by atoms with Crippen molar-refractivity contribution in [3.63, 3.8) is 0 Å². The van der Waals surface area contributed by atoms with Crippen molar-refractivity contribution in [2.45, 2.75) is 6.42 Å². The van der Waals surface area contributed by atoms with Gasteiger partial charge in [-0.05, 0) is 17.9 Å². The first-order chi connectivity index (χ1) is 8.58. The minimum absolute atomic E-state index is 0.0855. The number of aliphatic carboxylic acids is 1. The highest BCUT2D eigenvalue weighted by Crippen LogP contribution is 2.27. The summed E-state index contributed by atoms with van der Waals surface area (Å²) in [4.78, 5) is 23.2. The second-order valence-electron chi connectivity index (χ2n) is 4.58. The molecule has 18 heavy (non-hydrogen) atoms. The van der Waals surface area contributed by atoms with E-state index in [0.717, 1.165) is 5.56 Å². The lowest BCUT2D eigenvalue weighted by molar-refractivity contribution is -0.142. The lowest BCUT2D eigenvalue weighted by atomic mass is 9.90. The van der Waals surface area contributed by atoms with Gasteiger partial charge < -0.3 is 15.1 Å². The average molecular weight is 249 g/mol. The highest BCUT2D eigenvalue weighted by atomic mass is 16.4. The Morgan fingerprint density at radius 3 is 2.39 bits per heavy atom. The van der Waals surface area contributed by atoms with Crippen LogP contribution < -0.4 is 0 Å². The molecule has 1 amide bonds. The van der Waals surface area contributed by atoms with Gasteiger partial charge in [-0.3, -0.25) is 4.79 Å². The van der Waals surface area contributed by atoms with Crippen LogP contribution in [0.1, 0.15) is 5.56 Å². The number of nitrogens with zero attached hydrogens (tertiary/aromatic N) is 1. The van der Waals surface area contributed by atoms with Gasteiger partial charge in [0.05, 0.1) is 5.92 Å². The van der Waals surface area contributed by atoms with Gasteiger partial charge in [0.2, 0.25) is 0 Å². The second-order valence-corrected chi connectivity index (χ2v) is 4.58. The van der Waals surface area contributed by atoms with Crippen LogP contribution in [-0.4, -0.2) is 40.3 Å². The summed E-state index contributed by atoms with van der Waals surface area (Å²) < 4.78 is 0. The van der Waals surface area contributed by atoms with Crippen LogP contribution in [0.5, 0.6) is 0 Å². The van der Waals surface area contributed by atoms with E-state index in [-0.39, 0.29) is 12.5 Å². The predicted octanol–water partition coefficient (Wildman–Crippen LogP) is 1.54. The number of likely N-dealkylation sites (tertiary alicyclic amines) is 1. The van der Waals surface area contributed by atoms with Crippen LogP contribution in [0.25, 0.3) is 0 Å². The van der Waals surface area contributed by atoms with E-state index in [4.69, 9.17) is 10.2 Å². The number of amides is 1. The number of hydrogen-bond donors (Lipinski definition) is 2. The van der Waals surface area contributed by atoms with E-state index in [9.17, 15) is 9.59 Å². The molecule has 96 valence electrons. The molecule has 5 nitrogen and oxygen atoms in total. The third-order valence-corrected chi connectivity index (χ3v) is 3.37. The summed E-state index contributed by atoms with van der Waals surface area (Å²) in [5.41, 5.74) is 1.04. The van der Waals surface area contributed by atoms with Crippen molar-refractivity contribution in [1.82, 2.24) is 4.90 Å². The standard InChI is InChI=1S/C13H15NO4/c15-12(16)11-8-14(13(17)18)7-10(11)6-9-4-2-1-3-5-9/h1-5,10-11H,6-8H2,(H,15,16)(H,17,18)/t10-,11-/m1/s1. The summed E-state index contributed by atoms with van der Waals surface area (Å²) >= 11 is 0. The lowest BCUT2D eigenvalue weighted by Crippen LogP contribution is -2.28. The van der Waals surface area contributed by atoms with Crippen molar-refractivity contribution in [3.05, 3.63) is 35.9 Å². The highest BCUT2D eigenvalue weighted by Gasteiger charge is 2.39. The maximum atomic E-state index is 11.2. The molecule has 0 saturated carbocycles. The third-order valence-electron chi connectivity index (χ3n) is 3.37. The fourth-order valence-corrected chi connectivity index (χ4v) is 2.43. The van der Waals surface area contributed by atoms with Gasteiger partial charge in [0, 0.05) is 13.1 Å². The number of benzene rings is 1. The molecule has 0 spiro atoms. The zero-order chi connectivity index (χ0) is 13.1. The molecule has 1 aliphatic rings. The molecule has 0 bridgehead atoms. The first-order valence-electron chi connectivity index (χ1n) is 5.82. The van der Waals surface area contributed by atoms with Gasteiger partial charge in [-0.15, -0.1) is 0 Å². The van der Waals surface area contributed by atoms with Crippen molar-refractivity contribution >= 4 is 12.1 Å². The molecule has 1 aliphatic heterocycles. The topological polar surface area (TPSA) is 77.8 Å². The van der Waals surface area contributed by atoms with E-state index in [1.807, 2.05) is 30.3 Å². The van der Waals surface area contributed by atoms with Gasteiger partial charge >= 0.3 is 12.1 Å². The Labute approximate surface area is 105 Å². The number of carbonyl (C=O) groups is 2. The number of carboxylic acids is 1. The van der Waals surface area contributed by atoms with Crippen molar-refractivity contribution in [2.75, 3.05) is 13.1 Å². The Hall–Kier alpha value is -2.04. The smallest absolute Gasteiger partial charge is 0.407 e. The van der Waals surface area contributed by atoms with Crippen LogP contribution in [0, 0.1) is 11.8 Å². The van der Waals surface area contributed by atoms with Crippen molar-refractivity contribution in [1.29, 1.82) is 0 Å². The molecule has 0 unspecified atom stereocenters. The zero-order valence-electron chi connectivity index (χ0n) is 9.82. The minimum atomic E-state index is -1.04. The van der Waals surface area contributed by atoms with Gasteiger partial charge in [-0.2, -0.15) is 0 Å². The molecular weight excluding hydrogens is 234 g/mol. The van der Waals surface area contributed by atoms with Crippen molar-refractivity contribution < 1.29 is 19.8 Å². The molecule has 1 heterocycles. The average Bonchev–Trinajstić information content (AvgIpc) is 2.74. The molecule has 5 heteroatoms.